The van der Waals surface area contributed by atoms with Gasteiger partial charge in [-0.25, -0.2) is 0 Å². The molecule has 1 aliphatic rings. The van der Waals surface area contributed by atoms with E-state index in [-0.39, 0.29) is 5.78 Å². The lowest BCUT2D eigenvalue weighted by Gasteiger charge is -2.05. The lowest BCUT2D eigenvalue weighted by molar-refractivity contribution is 0.101. The van der Waals surface area contributed by atoms with Gasteiger partial charge in [-0.05, 0) is 39.5 Å². The Labute approximate surface area is 129 Å². The third-order valence-electron chi connectivity index (χ3n) is 3.60. The van der Waals surface area contributed by atoms with E-state index in [1.54, 1.807) is 12.5 Å². The first-order valence-corrected chi connectivity index (χ1v) is 8.06. The zero-order chi connectivity index (χ0) is 15.5. The van der Waals surface area contributed by atoms with Crippen LogP contribution in [0.4, 0.5) is 0 Å². The highest BCUT2D eigenvalue weighted by molar-refractivity contribution is 5.93. The molecule has 0 spiro atoms. The average molecular weight is 284 g/mol. The van der Waals surface area contributed by atoms with Gasteiger partial charge in [-0.2, -0.15) is 0 Å². The van der Waals surface area contributed by atoms with Crippen molar-refractivity contribution in [2.75, 3.05) is 0 Å². The van der Waals surface area contributed by atoms with Crippen LogP contribution in [0.3, 0.4) is 0 Å². The molecule has 0 bridgehead atoms. The smallest absolute Gasteiger partial charge is 0.159 e. The summed E-state index contributed by atoms with van der Waals surface area (Å²) in [4.78, 5) is 10.8. The lowest BCUT2D eigenvalue weighted by atomic mass is 10.0. The average Bonchev–Trinajstić information content (AvgIpc) is 2.50. The predicted molar refractivity (Wildman–Crippen MR) is 91.8 cm³/mol. The summed E-state index contributed by atoms with van der Waals surface area (Å²) in [6.45, 7) is 5.83. The van der Waals surface area contributed by atoms with Gasteiger partial charge in [0, 0.05) is 5.56 Å². The van der Waals surface area contributed by atoms with Crippen molar-refractivity contribution in [3.63, 3.8) is 0 Å². The van der Waals surface area contributed by atoms with Crippen molar-refractivity contribution in [2.24, 2.45) is 0 Å². The van der Waals surface area contributed by atoms with Crippen LogP contribution in [0.2, 0.25) is 0 Å². The van der Waals surface area contributed by atoms with Crippen LogP contribution < -0.4 is 0 Å². The Kier molecular flexibility index (Phi) is 8.42. The summed E-state index contributed by atoms with van der Waals surface area (Å²) in [5.74, 6) is 0.125. The molecule has 1 nitrogen and oxygen atoms in total. The van der Waals surface area contributed by atoms with E-state index in [4.69, 9.17) is 0 Å². The Hall–Kier alpha value is -1.63. The summed E-state index contributed by atoms with van der Waals surface area (Å²) < 4.78 is 0. The number of aryl methyl sites for hydroxylation is 1. The second-order valence-corrected chi connectivity index (χ2v) is 5.64. The summed E-state index contributed by atoms with van der Waals surface area (Å²) in [5.41, 5.74) is 3.53. The molecular weight excluding hydrogens is 256 g/mol. The van der Waals surface area contributed by atoms with Gasteiger partial charge in [0.25, 0.3) is 0 Å². The zero-order valence-corrected chi connectivity index (χ0v) is 13.7. The van der Waals surface area contributed by atoms with E-state index in [1.165, 1.54) is 44.1 Å². The molecule has 2 rings (SSSR count). The van der Waals surface area contributed by atoms with Crippen molar-refractivity contribution < 1.29 is 4.79 Å². The molecule has 0 aromatic heterocycles. The maximum Gasteiger partial charge on any atom is 0.159 e. The molecule has 1 heteroatoms. The van der Waals surface area contributed by atoms with Crippen molar-refractivity contribution >= 4 is 5.78 Å². The van der Waals surface area contributed by atoms with E-state index in [9.17, 15) is 4.79 Å². The number of allylic oxidation sites excluding steroid dienone is 4. The summed E-state index contributed by atoms with van der Waals surface area (Å²) in [5, 5.41) is 0. The highest BCUT2D eigenvalue weighted by Gasteiger charge is 1.96. The molecule has 0 saturated heterocycles. The van der Waals surface area contributed by atoms with Gasteiger partial charge in [-0.15, -0.1) is 0 Å². The third-order valence-corrected chi connectivity index (χ3v) is 3.60. The van der Waals surface area contributed by atoms with Gasteiger partial charge in [0.1, 0.15) is 0 Å². The second kappa shape index (κ2) is 10.1. The van der Waals surface area contributed by atoms with Gasteiger partial charge in [-0.3, -0.25) is 4.79 Å². The van der Waals surface area contributed by atoms with Crippen LogP contribution >= 0.6 is 0 Å². The number of carbonyl (C=O) groups excluding carboxylic acids is 1. The molecule has 21 heavy (non-hydrogen) atoms. The third kappa shape index (κ3) is 7.65. The fourth-order valence-electron chi connectivity index (χ4n) is 2.22. The molecule has 0 heterocycles. The minimum Gasteiger partial charge on any atom is -0.295 e. The minimum absolute atomic E-state index is 0.125. The van der Waals surface area contributed by atoms with Crippen LogP contribution in [0, 0.1) is 6.92 Å². The molecule has 1 aromatic carbocycles. The van der Waals surface area contributed by atoms with E-state index in [1.807, 2.05) is 31.2 Å². The molecule has 0 aliphatic heterocycles. The number of unbranched alkanes of at least 4 members (excludes halogenated alkanes) is 2. The Morgan fingerprint density at radius 2 is 1.81 bits per heavy atom. The van der Waals surface area contributed by atoms with E-state index in [0.29, 0.717) is 0 Å². The highest BCUT2D eigenvalue weighted by atomic mass is 16.1. The molecular formula is C20H28O. The van der Waals surface area contributed by atoms with Gasteiger partial charge >= 0.3 is 0 Å². The SMILES string of the molecule is CC(=O)c1ccc(C)cc1.CCCCCC1=CCCC=C1. The summed E-state index contributed by atoms with van der Waals surface area (Å²) in [6.07, 6.45) is 14.9. The van der Waals surface area contributed by atoms with Crippen molar-refractivity contribution in [1.82, 2.24) is 0 Å². The number of Topliss-reactive ketones (excluding diaryl/α,β-unsaturated/α-hetero) is 1. The van der Waals surface area contributed by atoms with Gasteiger partial charge < -0.3 is 0 Å². The van der Waals surface area contributed by atoms with E-state index >= 15 is 0 Å². The van der Waals surface area contributed by atoms with Crippen LogP contribution in [0.5, 0.6) is 0 Å². The number of benzene rings is 1. The number of hydrogen-bond donors (Lipinski definition) is 0. The van der Waals surface area contributed by atoms with Crippen LogP contribution in [0.25, 0.3) is 0 Å². The number of carbonyl (C=O) groups is 1. The molecule has 1 aromatic rings. The highest BCUT2D eigenvalue weighted by Crippen LogP contribution is 2.15. The molecule has 0 atom stereocenters. The quantitative estimate of drug-likeness (QED) is 0.476. The molecule has 0 amide bonds. The second-order valence-electron chi connectivity index (χ2n) is 5.64. The first-order valence-electron chi connectivity index (χ1n) is 8.06. The van der Waals surface area contributed by atoms with Crippen LogP contribution in [-0.4, -0.2) is 5.78 Å². The first-order chi connectivity index (χ1) is 10.1. The largest absolute Gasteiger partial charge is 0.295 e. The van der Waals surface area contributed by atoms with E-state index in [2.05, 4.69) is 25.2 Å². The van der Waals surface area contributed by atoms with E-state index in [0.717, 1.165) is 5.56 Å². The Morgan fingerprint density at radius 3 is 2.33 bits per heavy atom. The zero-order valence-electron chi connectivity index (χ0n) is 13.7. The van der Waals surface area contributed by atoms with Gasteiger partial charge in [0.15, 0.2) is 5.78 Å². The fourth-order valence-corrected chi connectivity index (χ4v) is 2.22. The summed E-state index contributed by atoms with van der Waals surface area (Å²) >= 11 is 0. The normalized spacial score (nSPS) is 13.2. The van der Waals surface area contributed by atoms with Gasteiger partial charge in [0.2, 0.25) is 0 Å². The first kappa shape index (κ1) is 17.4. The van der Waals surface area contributed by atoms with Gasteiger partial charge in [-0.1, -0.05) is 73.4 Å². The molecule has 0 N–H and O–H groups in total. The monoisotopic (exact) mass is 284 g/mol. The van der Waals surface area contributed by atoms with Crippen molar-refractivity contribution in [3.8, 4) is 0 Å². The molecule has 0 saturated carbocycles. The fraction of sp³-hybridized carbons (Fsp3) is 0.450. The predicted octanol–water partition coefficient (Wildman–Crippen LogP) is 6.04. The van der Waals surface area contributed by atoms with E-state index < -0.39 is 0 Å². The Balaban J connectivity index is 0.000000211. The molecule has 0 unspecified atom stereocenters. The Morgan fingerprint density at radius 1 is 1.10 bits per heavy atom. The topological polar surface area (TPSA) is 17.1 Å². The van der Waals surface area contributed by atoms with Crippen LogP contribution in [0.1, 0.15) is 68.3 Å². The van der Waals surface area contributed by atoms with Crippen molar-refractivity contribution in [3.05, 3.63) is 59.2 Å². The standard InChI is InChI=1S/C11H18.C9H10O/c1-2-3-5-8-11-9-6-4-7-10-11;1-7-3-5-9(6-4-7)8(2)10/h6,9-10H,2-5,7-8H2,1H3;3-6H,1-2H3. The maximum atomic E-state index is 10.8. The summed E-state index contributed by atoms with van der Waals surface area (Å²) in [7, 11) is 0. The van der Waals surface area contributed by atoms with Crippen molar-refractivity contribution in [1.29, 1.82) is 0 Å². The lowest BCUT2D eigenvalue weighted by Crippen LogP contribution is -1.90. The number of ketones is 1. The summed E-state index contributed by atoms with van der Waals surface area (Å²) in [6, 6.07) is 7.57. The molecule has 0 radical (unpaired) electrons. The Bertz CT molecular complexity index is 477. The number of rotatable bonds is 5. The van der Waals surface area contributed by atoms with Crippen molar-refractivity contribution in [2.45, 2.75) is 59.3 Å². The molecule has 114 valence electrons. The molecule has 1 aliphatic carbocycles. The van der Waals surface area contributed by atoms with Crippen LogP contribution in [0.15, 0.2) is 48.1 Å². The van der Waals surface area contributed by atoms with Crippen LogP contribution in [-0.2, 0) is 0 Å². The maximum absolute atomic E-state index is 10.8. The number of hydrogen-bond acceptors (Lipinski definition) is 1. The minimum atomic E-state index is 0.125. The van der Waals surface area contributed by atoms with Gasteiger partial charge in [0.05, 0.1) is 0 Å². The molecule has 0 fully saturated rings.